The summed E-state index contributed by atoms with van der Waals surface area (Å²) in [6, 6.07) is 56.6. The molecule has 0 atom stereocenters. The van der Waals surface area contributed by atoms with E-state index in [0.717, 1.165) is 22.7 Å². The highest BCUT2D eigenvalue weighted by Gasteiger charge is 2.24. The Labute approximate surface area is 259 Å². The van der Waals surface area contributed by atoms with Gasteiger partial charge in [0.15, 0.2) is 11.5 Å². The van der Waals surface area contributed by atoms with Crippen molar-refractivity contribution in [1.29, 1.82) is 0 Å². The maximum Gasteiger partial charge on any atom is 0.152 e. The van der Waals surface area contributed by atoms with E-state index < -0.39 is 0 Å². The van der Waals surface area contributed by atoms with E-state index in [4.69, 9.17) is 4.74 Å². The second kappa shape index (κ2) is 9.22. The highest BCUT2D eigenvalue weighted by atomic mass is 16.5. The average molecular weight is 575 g/mol. The molecule has 1 aliphatic rings. The van der Waals surface area contributed by atoms with Crippen LogP contribution in [0.4, 0.5) is 0 Å². The Morgan fingerprint density at radius 1 is 0.356 bits per heavy atom. The van der Waals surface area contributed by atoms with E-state index in [2.05, 4.69) is 155 Å². The first kappa shape index (κ1) is 24.4. The van der Waals surface area contributed by atoms with Crippen LogP contribution >= 0.6 is 0 Å². The lowest BCUT2D eigenvalue weighted by Crippen LogP contribution is -2.03. The van der Waals surface area contributed by atoms with Gasteiger partial charge in [-0.15, -0.1) is 0 Å². The molecule has 0 unspecified atom stereocenters. The lowest BCUT2D eigenvalue weighted by atomic mass is 9.93. The molecule has 0 saturated carbocycles. The third-order valence-electron chi connectivity index (χ3n) is 9.33. The SMILES string of the molecule is c1ccc2c(c1)Oc1cccc3c4ccc(-c5ccccc5-c5ccccc5-n5c6ccccc6c6ccccc65)cc4n-2c13. The number of hydrogen-bond acceptors (Lipinski definition) is 1. The number of rotatable bonds is 3. The van der Waals surface area contributed by atoms with Crippen molar-refractivity contribution in [3.8, 4) is 45.1 Å². The summed E-state index contributed by atoms with van der Waals surface area (Å²) in [6.45, 7) is 0. The molecule has 10 rings (SSSR count). The van der Waals surface area contributed by atoms with Crippen LogP contribution < -0.4 is 4.74 Å². The fraction of sp³-hybridized carbons (Fsp3) is 0. The van der Waals surface area contributed by atoms with Crippen LogP contribution in [0.15, 0.2) is 158 Å². The number of aromatic nitrogens is 2. The summed E-state index contributed by atoms with van der Waals surface area (Å²) in [6.07, 6.45) is 0. The van der Waals surface area contributed by atoms with Crippen LogP contribution in [0.1, 0.15) is 0 Å². The van der Waals surface area contributed by atoms with Gasteiger partial charge in [0.05, 0.1) is 33.4 Å². The van der Waals surface area contributed by atoms with Crippen LogP contribution in [0.3, 0.4) is 0 Å². The van der Waals surface area contributed by atoms with Crippen LogP contribution in [0.5, 0.6) is 11.5 Å². The van der Waals surface area contributed by atoms with Gasteiger partial charge in [0, 0.05) is 27.1 Å². The third-order valence-corrected chi connectivity index (χ3v) is 9.33. The van der Waals surface area contributed by atoms with Crippen LogP contribution in [0.2, 0.25) is 0 Å². The van der Waals surface area contributed by atoms with E-state index in [9.17, 15) is 0 Å². The summed E-state index contributed by atoms with van der Waals surface area (Å²) >= 11 is 0. The second-order valence-corrected chi connectivity index (χ2v) is 11.7. The van der Waals surface area contributed by atoms with Crippen LogP contribution in [0.25, 0.3) is 77.2 Å². The summed E-state index contributed by atoms with van der Waals surface area (Å²) in [5.74, 6) is 1.77. The van der Waals surface area contributed by atoms with Crippen LogP contribution in [0, 0.1) is 0 Å². The maximum absolute atomic E-state index is 6.36. The van der Waals surface area contributed by atoms with Gasteiger partial charge >= 0.3 is 0 Å². The van der Waals surface area contributed by atoms with Gasteiger partial charge in [0.25, 0.3) is 0 Å². The minimum absolute atomic E-state index is 0.876. The summed E-state index contributed by atoms with van der Waals surface area (Å²) in [4.78, 5) is 0. The monoisotopic (exact) mass is 574 g/mol. The number of nitrogens with zero attached hydrogens (tertiary/aromatic N) is 2. The predicted octanol–water partition coefficient (Wildman–Crippen LogP) is 11.3. The number of fused-ring (bicyclic) bond motifs is 8. The Balaban J connectivity index is 1.23. The van der Waals surface area contributed by atoms with Crippen molar-refractivity contribution >= 4 is 43.6 Å². The zero-order valence-electron chi connectivity index (χ0n) is 24.3. The molecule has 0 fully saturated rings. The molecule has 0 amide bonds. The van der Waals surface area contributed by atoms with Crippen molar-refractivity contribution in [1.82, 2.24) is 9.13 Å². The molecule has 0 bridgehead atoms. The molecule has 1 aliphatic heterocycles. The summed E-state index contributed by atoms with van der Waals surface area (Å²) in [7, 11) is 0. The van der Waals surface area contributed by atoms with Crippen LogP contribution in [-0.4, -0.2) is 9.13 Å². The van der Waals surface area contributed by atoms with E-state index in [0.29, 0.717) is 0 Å². The quantitative estimate of drug-likeness (QED) is 0.205. The molecule has 0 saturated heterocycles. The molecule has 3 heterocycles. The molecule has 210 valence electrons. The zero-order chi connectivity index (χ0) is 29.5. The van der Waals surface area contributed by atoms with Gasteiger partial charge in [-0.05, 0) is 59.2 Å². The first-order valence-corrected chi connectivity index (χ1v) is 15.4. The van der Waals surface area contributed by atoms with Crippen molar-refractivity contribution in [2.45, 2.75) is 0 Å². The molecular formula is C42H26N2O. The number of hydrogen-bond donors (Lipinski definition) is 0. The average Bonchev–Trinajstić information content (AvgIpc) is 3.62. The Kier molecular flexibility index (Phi) is 5.00. The molecule has 3 nitrogen and oxygen atoms in total. The molecule has 9 aromatic rings. The van der Waals surface area contributed by atoms with E-state index in [1.54, 1.807) is 0 Å². The van der Waals surface area contributed by atoms with E-state index in [1.807, 2.05) is 12.1 Å². The van der Waals surface area contributed by atoms with Crippen molar-refractivity contribution in [3.63, 3.8) is 0 Å². The normalized spacial score (nSPS) is 12.2. The van der Waals surface area contributed by atoms with E-state index in [1.165, 1.54) is 66.0 Å². The molecule has 0 spiro atoms. The first-order valence-electron chi connectivity index (χ1n) is 15.4. The molecule has 0 radical (unpaired) electrons. The fourth-order valence-corrected chi connectivity index (χ4v) is 7.43. The maximum atomic E-state index is 6.36. The van der Waals surface area contributed by atoms with Crippen molar-refractivity contribution in [2.75, 3.05) is 0 Å². The Morgan fingerprint density at radius 3 is 1.73 bits per heavy atom. The van der Waals surface area contributed by atoms with Crippen molar-refractivity contribution in [2.24, 2.45) is 0 Å². The fourth-order valence-electron chi connectivity index (χ4n) is 7.43. The molecule has 0 aliphatic carbocycles. The predicted molar refractivity (Wildman–Crippen MR) is 186 cm³/mol. The van der Waals surface area contributed by atoms with Gasteiger partial charge in [-0.3, -0.25) is 0 Å². The van der Waals surface area contributed by atoms with Gasteiger partial charge in [0.1, 0.15) is 0 Å². The molecule has 3 heteroatoms. The van der Waals surface area contributed by atoms with Gasteiger partial charge in [-0.1, -0.05) is 115 Å². The largest absolute Gasteiger partial charge is 0.453 e. The summed E-state index contributed by atoms with van der Waals surface area (Å²) in [5, 5.41) is 4.95. The molecule has 0 N–H and O–H groups in total. The van der Waals surface area contributed by atoms with Crippen molar-refractivity contribution < 1.29 is 4.74 Å². The number of para-hydroxylation sites is 6. The zero-order valence-corrected chi connectivity index (χ0v) is 24.3. The summed E-state index contributed by atoms with van der Waals surface area (Å²) in [5.41, 5.74) is 11.7. The highest BCUT2D eigenvalue weighted by molar-refractivity contribution is 6.13. The number of ether oxygens (including phenoxy) is 1. The number of benzene rings is 7. The van der Waals surface area contributed by atoms with E-state index >= 15 is 0 Å². The first-order chi connectivity index (χ1) is 22.3. The van der Waals surface area contributed by atoms with Crippen LogP contribution in [-0.2, 0) is 0 Å². The smallest absolute Gasteiger partial charge is 0.152 e. The Hall–Kier alpha value is -6.06. The van der Waals surface area contributed by atoms with Gasteiger partial charge < -0.3 is 13.9 Å². The van der Waals surface area contributed by atoms with Crippen molar-refractivity contribution in [3.05, 3.63) is 158 Å². The topological polar surface area (TPSA) is 19.1 Å². The Bertz CT molecular complexity index is 2580. The lowest BCUT2D eigenvalue weighted by molar-refractivity contribution is 0.476. The third kappa shape index (κ3) is 3.41. The molecule has 7 aromatic carbocycles. The summed E-state index contributed by atoms with van der Waals surface area (Å²) < 4.78 is 11.1. The lowest BCUT2D eigenvalue weighted by Gasteiger charge is -2.21. The van der Waals surface area contributed by atoms with Gasteiger partial charge in [-0.2, -0.15) is 0 Å². The Morgan fingerprint density at radius 2 is 0.933 bits per heavy atom. The molecule has 2 aromatic heterocycles. The molecule has 45 heavy (non-hydrogen) atoms. The highest BCUT2D eigenvalue weighted by Crippen LogP contribution is 2.46. The minimum Gasteiger partial charge on any atom is -0.453 e. The van der Waals surface area contributed by atoms with Gasteiger partial charge in [0.2, 0.25) is 0 Å². The van der Waals surface area contributed by atoms with Gasteiger partial charge in [-0.25, -0.2) is 0 Å². The molecular weight excluding hydrogens is 548 g/mol. The second-order valence-electron chi connectivity index (χ2n) is 11.7. The standard InChI is InChI=1S/C42H26N2O/c1-2-13-29(30-14-3-6-18-35(30)43-36-19-7-4-15-31(36)32-16-5-8-20-37(32)43)28(12-1)27-24-25-33-34-17-11-23-41-42(34)44(39(33)26-27)38-21-9-10-22-40(38)45-41/h1-26H. The minimum atomic E-state index is 0.876. The van der Waals surface area contributed by atoms with E-state index in [-0.39, 0.29) is 0 Å².